The third kappa shape index (κ3) is 3.17. The van der Waals surface area contributed by atoms with Gasteiger partial charge in [-0.25, -0.2) is 4.79 Å². The fraction of sp³-hybridized carbons (Fsp3) is 0.471. The Hall–Kier alpha value is -1.65. The molecule has 1 aliphatic rings. The second kappa shape index (κ2) is 5.62. The maximum absolute atomic E-state index is 11.7. The molecule has 1 aliphatic carbocycles. The number of nitrogens with zero attached hydrogens (tertiary/aromatic N) is 1. The number of hydrogen-bond acceptors (Lipinski definition) is 4. The third-order valence-electron chi connectivity index (χ3n) is 4.21. The Morgan fingerprint density at radius 1 is 1.33 bits per heavy atom. The van der Waals surface area contributed by atoms with Crippen LogP contribution in [0, 0.1) is 12.8 Å². The van der Waals surface area contributed by atoms with Crippen LogP contribution in [-0.2, 0) is 6.54 Å². The second-order valence-electron chi connectivity index (χ2n) is 6.28. The van der Waals surface area contributed by atoms with E-state index < -0.39 is 0 Å². The Labute approximate surface area is 124 Å². The van der Waals surface area contributed by atoms with Gasteiger partial charge >= 0.3 is 5.63 Å². The van der Waals surface area contributed by atoms with Crippen molar-refractivity contribution in [1.29, 1.82) is 0 Å². The van der Waals surface area contributed by atoms with Gasteiger partial charge in [0.15, 0.2) is 0 Å². The highest BCUT2D eigenvalue weighted by Gasteiger charge is 2.27. The number of rotatable bonds is 4. The Kier molecular flexibility index (Phi) is 3.83. The summed E-state index contributed by atoms with van der Waals surface area (Å²) in [5.41, 5.74) is 2.45. The lowest BCUT2D eigenvalue weighted by atomic mass is 9.82. The van der Waals surface area contributed by atoms with Gasteiger partial charge in [-0.05, 0) is 49.9 Å². The molecule has 1 aromatic heterocycles. The van der Waals surface area contributed by atoms with Gasteiger partial charge in [0.2, 0.25) is 0 Å². The highest BCUT2D eigenvalue weighted by Crippen LogP contribution is 2.28. The van der Waals surface area contributed by atoms with Gasteiger partial charge in [0, 0.05) is 24.5 Å². The highest BCUT2D eigenvalue weighted by atomic mass is 16.4. The van der Waals surface area contributed by atoms with Crippen molar-refractivity contribution in [3.8, 4) is 0 Å². The van der Waals surface area contributed by atoms with Gasteiger partial charge in [0.05, 0.1) is 6.10 Å². The Bertz CT molecular complexity index is 701. The maximum Gasteiger partial charge on any atom is 0.336 e. The van der Waals surface area contributed by atoms with Crippen LogP contribution in [0.4, 0.5) is 0 Å². The molecule has 0 bridgehead atoms. The molecule has 0 amide bonds. The first-order chi connectivity index (χ1) is 10.0. The quantitative estimate of drug-likeness (QED) is 0.877. The van der Waals surface area contributed by atoms with Crippen molar-refractivity contribution in [3.63, 3.8) is 0 Å². The molecular weight excluding hydrogens is 266 g/mol. The minimum atomic E-state index is -0.296. The standard InChI is InChI=1S/C17H21NO3/c1-11-3-4-15-13(8-17(20)21-16(15)5-11)10-18(2)9-12-6-14(19)7-12/h3-5,8,12,14,19H,6-7,9-10H2,1-2H3. The number of benzene rings is 1. The zero-order valence-electron chi connectivity index (χ0n) is 12.5. The largest absolute Gasteiger partial charge is 0.423 e. The summed E-state index contributed by atoms with van der Waals surface area (Å²) < 4.78 is 5.29. The molecule has 4 heteroatoms. The SMILES string of the molecule is Cc1ccc2c(CN(C)CC3CC(O)C3)cc(=O)oc2c1. The predicted octanol–water partition coefficient (Wildman–Crippen LogP) is 2.30. The van der Waals surface area contributed by atoms with E-state index in [-0.39, 0.29) is 11.7 Å². The monoisotopic (exact) mass is 287 g/mol. The molecule has 0 radical (unpaired) electrons. The number of fused-ring (bicyclic) bond motifs is 1. The van der Waals surface area contributed by atoms with Gasteiger partial charge in [-0.15, -0.1) is 0 Å². The molecular formula is C17H21NO3. The van der Waals surface area contributed by atoms with Gasteiger partial charge in [0.1, 0.15) is 5.58 Å². The molecule has 0 atom stereocenters. The summed E-state index contributed by atoms with van der Waals surface area (Å²) in [6.45, 7) is 3.66. The molecule has 0 spiro atoms. The summed E-state index contributed by atoms with van der Waals surface area (Å²) >= 11 is 0. The van der Waals surface area contributed by atoms with Crippen LogP contribution in [0.3, 0.4) is 0 Å². The summed E-state index contributed by atoms with van der Waals surface area (Å²) in [5, 5.41) is 10.4. The molecule has 2 aromatic rings. The van der Waals surface area contributed by atoms with Crippen molar-refractivity contribution >= 4 is 11.0 Å². The van der Waals surface area contributed by atoms with Crippen LogP contribution < -0.4 is 5.63 Å². The minimum absolute atomic E-state index is 0.115. The van der Waals surface area contributed by atoms with Crippen molar-refractivity contribution in [2.24, 2.45) is 5.92 Å². The van der Waals surface area contributed by atoms with E-state index in [1.807, 2.05) is 25.1 Å². The van der Waals surface area contributed by atoms with Gasteiger partial charge in [0.25, 0.3) is 0 Å². The average molecular weight is 287 g/mol. The normalized spacial score (nSPS) is 21.7. The fourth-order valence-electron chi connectivity index (χ4n) is 3.11. The summed E-state index contributed by atoms with van der Waals surface area (Å²) in [6.07, 6.45) is 1.67. The molecule has 112 valence electrons. The van der Waals surface area contributed by atoms with Gasteiger partial charge in [-0.1, -0.05) is 12.1 Å². The lowest BCUT2D eigenvalue weighted by molar-refractivity contribution is 0.0274. The Morgan fingerprint density at radius 3 is 2.81 bits per heavy atom. The lowest BCUT2D eigenvalue weighted by Gasteiger charge is -2.34. The molecule has 1 saturated carbocycles. The summed E-state index contributed by atoms with van der Waals surface area (Å²) in [7, 11) is 2.05. The van der Waals surface area contributed by atoms with Crippen LogP contribution in [-0.4, -0.2) is 29.7 Å². The first kappa shape index (κ1) is 14.3. The van der Waals surface area contributed by atoms with Crippen molar-refractivity contribution < 1.29 is 9.52 Å². The Morgan fingerprint density at radius 2 is 2.10 bits per heavy atom. The fourth-order valence-corrected chi connectivity index (χ4v) is 3.11. The van der Waals surface area contributed by atoms with E-state index in [1.54, 1.807) is 6.07 Å². The molecule has 4 nitrogen and oxygen atoms in total. The smallest absolute Gasteiger partial charge is 0.336 e. The molecule has 1 aromatic carbocycles. The van der Waals surface area contributed by atoms with Gasteiger partial charge in [-0.2, -0.15) is 0 Å². The molecule has 3 rings (SSSR count). The maximum atomic E-state index is 11.7. The van der Waals surface area contributed by atoms with E-state index in [1.165, 1.54) is 0 Å². The van der Waals surface area contributed by atoms with E-state index in [2.05, 4.69) is 11.9 Å². The van der Waals surface area contributed by atoms with Crippen LogP contribution >= 0.6 is 0 Å². The molecule has 0 aliphatic heterocycles. The van der Waals surface area contributed by atoms with E-state index in [9.17, 15) is 9.90 Å². The molecule has 0 saturated heterocycles. The van der Waals surface area contributed by atoms with Crippen molar-refractivity contribution in [1.82, 2.24) is 4.90 Å². The first-order valence-corrected chi connectivity index (χ1v) is 7.41. The number of hydrogen-bond donors (Lipinski definition) is 1. The van der Waals surface area contributed by atoms with Crippen molar-refractivity contribution in [2.45, 2.75) is 32.4 Å². The lowest BCUT2D eigenvalue weighted by Crippen LogP contribution is -2.36. The number of aliphatic hydroxyl groups is 1. The minimum Gasteiger partial charge on any atom is -0.423 e. The van der Waals surface area contributed by atoms with Crippen LogP contribution in [0.5, 0.6) is 0 Å². The highest BCUT2D eigenvalue weighted by molar-refractivity contribution is 5.80. The molecule has 1 N–H and O–H groups in total. The molecule has 1 fully saturated rings. The zero-order valence-corrected chi connectivity index (χ0v) is 12.5. The van der Waals surface area contributed by atoms with E-state index >= 15 is 0 Å². The van der Waals surface area contributed by atoms with Crippen molar-refractivity contribution in [2.75, 3.05) is 13.6 Å². The number of aryl methyl sites for hydroxylation is 1. The van der Waals surface area contributed by atoms with Gasteiger partial charge in [-0.3, -0.25) is 0 Å². The zero-order chi connectivity index (χ0) is 15.0. The topological polar surface area (TPSA) is 53.7 Å². The third-order valence-corrected chi connectivity index (χ3v) is 4.21. The molecule has 21 heavy (non-hydrogen) atoms. The number of aliphatic hydroxyl groups excluding tert-OH is 1. The van der Waals surface area contributed by atoms with Gasteiger partial charge < -0.3 is 14.4 Å². The second-order valence-corrected chi connectivity index (χ2v) is 6.28. The Balaban J connectivity index is 1.81. The van der Waals surface area contributed by atoms with E-state index in [4.69, 9.17) is 4.42 Å². The van der Waals surface area contributed by atoms with Crippen LogP contribution in [0.15, 0.2) is 33.5 Å². The van der Waals surface area contributed by atoms with Crippen LogP contribution in [0.1, 0.15) is 24.0 Å². The summed E-state index contributed by atoms with van der Waals surface area (Å²) in [4.78, 5) is 13.9. The average Bonchev–Trinajstić information content (AvgIpc) is 2.35. The summed E-state index contributed by atoms with van der Waals surface area (Å²) in [6, 6.07) is 7.55. The summed E-state index contributed by atoms with van der Waals surface area (Å²) in [5.74, 6) is 0.568. The van der Waals surface area contributed by atoms with Crippen molar-refractivity contribution in [3.05, 3.63) is 45.8 Å². The van der Waals surface area contributed by atoms with E-state index in [0.29, 0.717) is 11.5 Å². The van der Waals surface area contributed by atoms with Crippen LogP contribution in [0.2, 0.25) is 0 Å². The molecule has 1 heterocycles. The first-order valence-electron chi connectivity index (χ1n) is 7.41. The van der Waals surface area contributed by atoms with E-state index in [0.717, 1.165) is 42.4 Å². The van der Waals surface area contributed by atoms with Crippen LogP contribution in [0.25, 0.3) is 11.0 Å². The molecule has 0 unspecified atom stereocenters. The predicted molar refractivity (Wildman–Crippen MR) is 82.3 cm³/mol.